The number of benzene rings is 2. The first-order valence-electron chi connectivity index (χ1n) is 6.42. The molecule has 0 radical (unpaired) electrons. The second-order valence-electron chi connectivity index (χ2n) is 4.35. The van der Waals surface area contributed by atoms with Crippen LogP contribution in [0.4, 0.5) is 0 Å². The van der Waals surface area contributed by atoms with Crippen molar-refractivity contribution in [3.63, 3.8) is 0 Å². The Morgan fingerprint density at radius 3 is 2.50 bits per heavy atom. The summed E-state index contributed by atoms with van der Waals surface area (Å²) in [5, 5.41) is 9.37. The van der Waals surface area contributed by atoms with Gasteiger partial charge in [-0.3, -0.25) is 0 Å². The Morgan fingerprint density at radius 1 is 1.05 bits per heavy atom. The number of hydrogen-bond donors (Lipinski definition) is 1. The molecule has 1 N–H and O–H groups in total. The molecule has 0 atom stereocenters. The van der Waals surface area contributed by atoms with Gasteiger partial charge < -0.3 is 14.6 Å². The second-order valence-corrected chi connectivity index (χ2v) is 5.27. The number of aliphatic hydroxyl groups is 1. The topological polar surface area (TPSA) is 38.7 Å². The van der Waals surface area contributed by atoms with E-state index in [1.54, 1.807) is 7.11 Å². The van der Waals surface area contributed by atoms with Crippen LogP contribution in [0.3, 0.4) is 0 Å². The second kappa shape index (κ2) is 6.77. The molecule has 3 nitrogen and oxygen atoms in total. The van der Waals surface area contributed by atoms with Gasteiger partial charge in [0.1, 0.15) is 5.75 Å². The Kier molecular flexibility index (Phi) is 5.04. The standard InChI is InChI=1S/C16H17BrO3/c1-3-11-4-7-14(16(8-11)19-2)20-15-9-13(17)6-5-12(15)10-18/h4-9,18H,3,10H2,1-2H3. The van der Waals surface area contributed by atoms with Crippen LogP contribution in [0.25, 0.3) is 0 Å². The summed E-state index contributed by atoms with van der Waals surface area (Å²) in [7, 11) is 1.62. The molecule has 0 heterocycles. The highest BCUT2D eigenvalue weighted by Crippen LogP contribution is 2.35. The van der Waals surface area contributed by atoms with Crippen LogP contribution in [0.2, 0.25) is 0 Å². The molecule has 0 saturated carbocycles. The minimum absolute atomic E-state index is 0.0715. The number of ether oxygens (including phenoxy) is 2. The van der Waals surface area contributed by atoms with Crippen molar-refractivity contribution in [2.24, 2.45) is 0 Å². The first-order valence-corrected chi connectivity index (χ1v) is 7.21. The molecule has 2 rings (SSSR count). The summed E-state index contributed by atoms with van der Waals surface area (Å²) in [6.07, 6.45) is 0.940. The van der Waals surface area contributed by atoms with E-state index in [9.17, 15) is 5.11 Å². The van der Waals surface area contributed by atoms with Crippen LogP contribution in [-0.2, 0) is 13.0 Å². The van der Waals surface area contributed by atoms with E-state index in [1.807, 2.05) is 36.4 Å². The zero-order chi connectivity index (χ0) is 14.5. The molecule has 2 aromatic carbocycles. The number of aryl methyl sites for hydroxylation is 1. The lowest BCUT2D eigenvalue weighted by Gasteiger charge is -2.14. The van der Waals surface area contributed by atoms with Crippen LogP contribution in [0, 0.1) is 0 Å². The molecule has 0 aliphatic heterocycles. The van der Waals surface area contributed by atoms with Crippen LogP contribution in [0.1, 0.15) is 18.1 Å². The van der Waals surface area contributed by atoms with Gasteiger partial charge in [0.25, 0.3) is 0 Å². The van der Waals surface area contributed by atoms with Crippen molar-refractivity contribution in [2.45, 2.75) is 20.0 Å². The van der Waals surface area contributed by atoms with E-state index in [-0.39, 0.29) is 6.61 Å². The molecule has 0 amide bonds. The normalized spacial score (nSPS) is 10.4. The lowest BCUT2D eigenvalue weighted by Crippen LogP contribution is -1.95. The fraction of sp³-hybridized carbons (Fsp3) is 0.250. The van der Waals surface area contributed by atoms with Crippen molar-refractivity contribution in [3.8, 4) is 17.2 Å². The van der Waals surface area contributed by atoms with Crippen molar-refractivity contribution in [2.75, 3.05) is 7.11 Å². The first-order chi connectivity index (χ1) is 9.67. The summed E-state index contributed by atoms with van der Waals surface area (Å²) in [5.41, 5.74) is 1.92. The molecule has 0 saturated heterocycles. The average Bonchev–Trinajstić information content (AvgIpc) is 2.48. The number of aliphatic hydroxyl groups excluding tert-OH is 1. The summed E-state index contributed by atoms with van der Waals surface area (Å²) >= 11 is 3.40. The third-order valence-electron chi connectivity index (χ3n) is 3.06. The lowest BCUT2D eigenvalue weighted by atomic mass is 10.1. The molecule has 0 aliphatic rings. The van der Waals surface area contributed by atoms with E-state index in [0.29, 0.717) is 17.2 Å². The smallest absolute Gasteiger partial charge is 0.169 e. The van der Waals surface area contributed by atoms with Crippen LogP contribution in [0.5, 0.6) is 17.2 Å². The number of halogens is 1. The molecule has 0 aromatic heterocycles. The van der Waals surface area contributed by atoms with E-state index >= 15 is 0 Å². The number of methoxy groups -OCH3 is 1. The molecule has 0 bridgehead atoms. The fourth-order valence-corrected chi connectivity index (χ4v) is 2.23. The molecule has 0 fully saturated rings. The molecular formula is C16H17BrO3. The highest BCUT2D eigenvalue weighted by molar-refractivity contribution is 9.10. The molecule has 0 spiro atoms. The first kappa shape index (κ1) is 14.9. The lowest BCUT2D eigenvalue weighted by molar-refractivity contribution is 0.275. The summed E-state index contributed by atoms with van der Waals surface area (Å²) in [6, 6.07) is 11.4. The molecule has 0 unspecified atom stereocenters. The quantitative estimate of drug-likeness (QED) is 0.884. The molecule has 0 aliphatic carbocycles. The van der Waals surface area contributed by atoms with E-state index in [0.717, 1.165) is 16.5 Å². The highest BCUT2D eigenvalue weighted by atomic mass is 79.9. The number of rotatable bonds is 5. The van der Waals surface area contributed by atoms with E-state index in [4.69, 9.17) is 9.47 Å². The Morgan fingerprint density at radius 2 is 1.85 bits per heavy atom. The van der Waals surface area contributed by atoms with Gasteiger partial charge in [0.05, 0.1) is 13.7 Å². The SMILES string of the molecule is CCc1ccc(Oc2cc(Br)ccc2CO)c(OC)c1. The third kappa shape index (κ3) is 3.32. The Balaban J connectivity index is 2.36. The summed E-state index contributed by atoms with van der Waals surface area (Å²) in [6.45, 7) is 2.02. The van der Waals surface area contributed by atoms with Crippen molar-refractivity contribution in [1.29, 1.82) is 0 Å². The molecule has 20 heavy (non-hydrogen) atoms. The molecular weight excluding hydrogens is 320 g/mol. The Labute approximate surface area is 127 Å². The van der Waals surface area contributed by atoms with Gasteiger partial charge in [-0.1, -0.05) is 35.0 Å². The van der Waals surface area contributed by atoms with E-state index in [2.05, 4.69) is 22.9 Å². The zero-order valence-corrected chi connectivity index (χ0v) is 13.1. The van der Waals surface area contributed by atoms with Gasteiger partial charge in [-0.2, -0.15) is 0 Å². The van der Waals surface area contributed by atoms with E-state index in [1.165, 1.54) is 5.56 Å². The Bertz CT molecular complexity index is 596. The van der Waals surface area contributed by atoms with Crippen molar-refractivity contribution < 1.29 is 14.6 Å². The molecule has 2 aromatic rings. The van der Waals surface area contributed by atoms with Crippen LogP contribution in [-0.4, -0.2) is 12.2 Å². The largest absolute Gasteiger partial charge is 0.493 e. The summed E-state index contributed by atoms with van der Waals surface area (Å²) in [5.74, 6) is 1.94. The van der Waals surface area contributed by atoms with E-state index < -0.39 is 0 Å². The van der Waals surface area contributed by atoms with Crippen LogP contribution in [0.15, 0.2) is 40.9 Å². The maximum Gasteiger partial charge on any atom is 0.169 e. The van der Waals surface area contributed by atoms with Gasteiger partial charge in [-0.15, -0.1) is 0 Å². The maximum atomic E-state index is 9.37. The van der Waals surface area contributed by atoms with Crippen molar-refractivity contribution >= 4 is 15.9 Å². The van der Waals surface area contributed by atoms with Crippen molar-refractivity contribution in [3.05, 3.63) is 52.0 Å². The third-order valence-corrected chi connectivity index (χ3v) is 3.55. The van der Waals surface area contributed by atoms with Crippen molar-refractivity contribution in [1.82, 2.24) is 0 Å². The average molecular weight is 337 g/mol. The van der Waals surface area contributed by atoms with Gasteiger partial charge >= 0.3 is 0 Å². The van der Waals surface area contributed by atoms with Crippen LogP contribution < -0.4 is 9.47 Å². The number of hydrogen-bond acceptors (Lipinski definition) is 3. The predicted molar refractivity (Wildman–Crippen MR) is 82.5 cm³/mol. The Hall–Kier alpha value is -1.52. The predicted octanol–water partition coefficient (Wildman–Crippen LogP) is 4.30. The monoisotopic (exact) mass is 336 g/mol. The van der Waals surface area contributed by atoms with Gasteiger partial charge in [0, 0.05) is 10.0 Å². The molecule has 106 valence electrons. The van der Waals surface area contributed by atoms with Crippen LogP contribution >= 0.6 is 15.9 Å². The minimum Gasteiger partial charge on any atom is -0.493 e. The highest BCUT2D eigenvalue weighted by Gasteiger charge is 2.10. The van der Waals surface area contributed by atoms with Gasteiger partial charge in [0.15, 0.2) is 11.5 Å². The zero-order valence-electron chi connectivity index (χ0n) is 11.5. The molecule has 4 heteroatoms. The minimum atomic E-state index is -0.0715. The summed E-state index contributed by atoms with van der Waals surface area (Å²) in [4.78, 5) is 0. The maximum absolute atomic E-state index is 9.37. The van der Waals surface area contributed by atoms with Gasteiger partial charge in [0.2, 0.25) is 0 Å². The van der Waals surface area contributed by atoms with Gasteiger partial charge in [-0.05, 0) is 36.2 Å². The van der Waals surface area contributed by atoms with Gasteiger partial charge in [-0.25, -0.2) is 0 Å². The fourth-order valence-electron chi connectivity index (χ4n) is 1.89. The summed E-state index contributed by atoms with van der Waals surface area (Å²) < 4.78 is 12.1.